The van der Waals surface area contributed by atoms with Gasteiger partial charge < -0.3 is 25.0 Å². The molecule has 0 bridgehead atoms. The molecule has 2 heterocycles. The molecular formula is C13H21N3O5. The summed E-state index contributed by atoms with van der Waals surface area (Å²) in [5.41, 5.74) is 0. The number of nitrogens with zero attached hydrogens (tertiary/aromatic N) is 2. The van der Waals surface area contributed by atoms with Gasteiger partial charge in [0, 0.05) is 20.1 Å². The minimum Gasteiger partial charge on any atom is -0.481 e. The van der Waals surface area contributed by atoms with E-state index in [1.54, 1.807) is 7.05 Å². The van der Waals surface area contributed by atoms with Crippen molar-refractivity contribution in [3.05, 3.63) is 0 Å². The summed E-state index contributed by atoms with van der Waals surface area (Å²) in [6.07, 6.45) is 0.523. The molecule has 2 aliphatic rings. The Morgan fingerprint density at radius 2 is 2.19 bits per heavy atom. The van der Waals surface area contributed by atoms with Crippen LogP contribution >= 0.6 is 0 Å². The third-order valence-corrected chi connectivity index (χ3v) is 4.13. The number of carbonyl (C=O) groups is 3. The van der Waals surface area contributed by atoms with Gasteiger partial charge in [-0.05, 0) is 6.42 Å². The van der Waals surface area contributed by atoms with Gasteiger partial charge in [0.25, 0.3) is 0 Å². The van der Waals surface area contributed by atoms with Crippen molar-refractivity contribution in [3.63, 3.8) is 0 Å². The van der Waals surface area contributed by atoms with Gasteiger partial charge >= 0.3 is 12.0 Å². The average molecular weight is 299 g/mol. The van der Waals surface area contributed by atoms with Crippen molar-refractivity contribution >= 4 is 17.9 Å². The number of nitrogens with one attached hydrogen (secondary N) is 1. The molecule has 21 heavy (non-hydrogen) atoms. The molecule has 0 aromatic heterocycles. The fourth-order valence-electron chi connectivity index (χ4n) is 2.85. The van der Waals surface area contributed by atoms with E-state index in [1.165, 1.54) is 9.80 Å². The van der Waals surface area contributed by atoms with Crippen LogP contribution in [-0.4, -0.2) is 78.2 Å². The van der Waals surface area contributed by atoms with Crippen LogP contribution in [0, 0.1) is 5.92 Å². The molecule has 0 aliphatic carbocycles. The van der Waals surface area contributed by atoms with Crippen LogP contribution in [-0.2, 0) is 14.3 Å². The molecule has 0 spiro atoms. The molecule has 2 N–H and O–H groups in total. The van der Waals surface area contributed by atoms with E-state index in [2.05, 4.69) is 5.32 Å². The van der Waals surface area contributed by atoms with Crippen molar-refractivity contribution in [2.24, 2.45) is 5.92 Å². The number of carboxylic acids is 1. The van der Waals surface area contributed by atoms with Crippen LogP contribution < -0.4 is 5.32 Å². The number of likely N-dealkylation sites (N-methyl/N-ethyl adjacent to an activating group) is 1. The minimum absolute atomic E-state index is 0.106. The summed E-state index contributed by atoms with van der Waals surface area (Å²) in [7, 11) is 1.57. The number of carbonyl (C=O) groups excluding carboxylic acids is 2. The van der Waals surface area contributed by atoms with Crippen LogP contribution in [0.4, 0.5) is 4.79 Å². The predicted octanol–water partition coefficient (Wildman–Crippen LogP) is -0.652. The van der Waals surface area contributed by atoms with Crippen LogP contribution in [0.1, 0.15) is 13.3 Å². The maximum Gasteiger partial charge on any atom is 0.320 e. The van der Waals surface area contributed by atoms with Crippen LogP contribution in [0.5, 0.6) is 0 Å². The number of ether oxygens (including phenoxy) is 1. The SMILES string of the molecule is CCC1C(=O)NCCN1C(=O)N(C)C1COCC1C(=O)O. The summed E-state index contributed by atoms with van der Waals surface area (Å²) in [4.78, 5) is 38.5. The van der Waals surface area contributed by atoms with Gasteiger partial charge in [-0.15, -0.1) is 0 Å². The summed E-state index contributed by atoms with van der Waals surface area (Å²) in [6, 6.07) is -1.32. The van der Waals surface area contributed by atoms with Gasteiger partial charge in [-0.2, -0.15) is 0 Å². The molecule has 3 amide bonds. The van der Waals surface area contributed by atoms with Crippen molar-refractivity contribution in [2.45, 2.75) is 25.4 Å². The number of rotatable bonds is 3. The van der Waals surface area contributed by atoms with Crippen molar-refractivity contribution in [3.8, 4) is 0 Å². The highest BCUT2D eigenvalue weighted by atomic mass is 16.5. The van der Waals surface area contributed by atoms with Gasteiger partial charge in [-0.3, -0.25) is 9.59 Å². The zero-order valence-corrected chi connectivity index (χ0v) is 12.2. The molecule has 2 rings (SSSR count). The highest BCUT2D eigenvalue weighted by Crippen LogP contribution is 2.21. The fraction of sp³-hybridized carbons (Fsp3) is 0.769. The number of piperazine rings is 1. The molecule has 118 valence electrons. The van der Waals surface area contributed by atoms with E-state index in [0.717, 1.165) is 0 Å². The van der Waals surface area contributed by atoms with E-state index in [-0.39, 0.29) is 25.2 Å². The molecule has 0 saturated carbocycles. The van der Waals surface area contributed by atoms with E-state index < -0.39 is 24.0 Å². The highest BCUT2D eigenvalue weighted by molar-refractivity contribution is 5.88. The van der Waals surface area contributed by atoms with E-state index in [1.807, 2.05) is 6.92 Å². The van der Waals surface area contributed by atoms with Crippen molar-refractivity contribution < 1.29 is 24.2 Å². The third-order valence-electron chi connectivity index (χ3n) is 4.13. The molecule has 8 heteroatoms. The third kappa shape index (κ3) is 2.94. The van der Waals surface area contributed by atoms with Crippen molar-refractivity contribution in [1.82, 2.24) is 15.1 Å². The lowest BCUT2D eigenvalue weighted by Crippen LogP contribution is -2.61. The maximum atomic E-state index is 12.6. The number of carboxylic acid groups (broad SMARTS) is 1. The Bertz CT molecular complexity index is 442. The number of aliphatic carboxylic acids is 1. The second-order valence-corrected chi connectivity index (χ2v) is 5.35. The monoisotopic (exact) mass is 299 g/mol. The maximum absolute atomic E-state index is 12.6. The zero-order valence-electron chi connectivity index (χ0n) is 12.2. The molecular weight excluding hydrogens is 278 g/mol. The topological polar surface area (TPSA) is 99.2 Å². The van der Waals surface area contributed by atoms with Crippen LogP contribution in [0.25, 0.3) is 0 Å². The Kier molecular flexibility index (Phi) is 4.66. The first-order chi connectivity index (χ1) is 9.97. The van der Waals surface area contributed by atoms with Gasteiger partial charge in [0.2, 0.25) is 5.91 Å². The second-order valence-electron chi connectivity index (χ2n) is 5.35. The lowest BCUT2D eigenvalue weighted by atomic mass is 10.0. The first-order valence-electron chi connectivity index (χ1n) is 7.09. The van der Waals surface area contributed by atoms with Crippen molar-refractivity contribution in [1.29, 1.82) is 0 Å². The minimum atomic E-state index is -0.972. The Morgan fingerprint density at radius 1 is 1.48 bits per heavy atom. The van der Waals surface area contributed by atoms with E-state index in [4.69, 9.17) is 9.84 Å². The smallest absolute Gasteiger partial charge is 0.320 e. The highest BCUT2D eigenvalue weighted by Gasteiger charge is 2.41. The summed E-state index contributed by atoms with van der Waals surface area (Å²) in [6.45, 7) is 3.00. The van der Waals surface area contributed by atoms with Crippen LogP contribution in [0.2, 0.25) is 0 Å². The second kappa shape index (κ2) is 6.30. The van der Waals surface area contributed by atoms with Gasteiger partial charge in [-0.1, -0.05) is 6.92 Å². The molecule has 2 fully saturated rings. The molecule has 2 aliphatic heterocycles. The van der Waals surface area contributed by atoms with Gasteiger partial charge in [0.15, 0.2) is 0 Å². The lowest BCUT2D eigenvalue weighted by Gasteiger charge is -2.38. The van der Waals surface area contributed by atoms with E-state index in [0.29, 0.717) is 19.5 Å². The first kappa shape index (κ1) is 15.6. The Balaban J connectivity index is 2.11. The molecule has 2 saturated heterocycles. The standard InChI is InChI=1S/C13H21N3O5/c1-3-9-11(17)14-4-5-16(9)13(20)15(2)10-7-21-6-8(10)12(18)19/h8-10H,3-7H2,1-2H3,(H,14,17)(H,18,19). The van der Waals surface area contributed by atoms with Gasteiger partial charge in [0.05, 0.1) is 19.3 Å². The first-order valence-corrected chi connectivity index (χ1v) is 7.09. The van der Waals surface area contributed by atoms with E-state index >= 15 is 0 Å². The lowest BCUT2D eigenvalue weighted by molar-refractivity contribution is -0.143. The largest absolute Gasteiger partial charge is 0.481 e. The molecule has 3 unspecified atom stereocenters. The summed E-state index contributed by atoms with van der Waals surface area (Å²) in [5.74, 6) is -1.86. The Labute approximate surface area is 123 Å². The van der Waals surface area contributed by atoms with Gasteiger partial charge in [0.1, 0.15) is 12.0 Å². The zero-order chi connectivity index (χ0) is 15.6. The van der Waals surface area contributed by atoms with Crippen LogP contribution in [0.3, 0.4) is 0 Å². The van der Waals surface area contributed by atoms with Crippen LogP contribution in [0.15, 0.2) is 0 Å². The number of hydrogen-bond donors (Lipinski definition) is 2. The Hall–Kier alpha value is -1.83. The molecule has 8 nitrogen and oxygen atoms in total. The molecule has 0 aromatic rings. The quantitative estimate of drug-likeness (QED) is 0.721. The summed E-state index contributed by atoms with van der Waals surface area (Å²) < 4.78 is 5.19. The summed E-state index contributed by atoms with van der Waals surface area (Å²) in [5, 5.41) is 11.9. The fourth-order valence-corrected chi connectivity index (χ4v) is 2.85. The van der Waals surface area contributed by atoms with Gasteiger partial charge in [-0.25, -0.2) is 4.79 Å². The van der Waals surface area contributed by atoms with E-state index in [9.17, 15) is 14.4 Å². The number of amides is 3. The number of hydrogen-bond acceptors (Lipinski definition) is 4. The normalized spacial score (nSPS) is 29.1. The Morgan fingerprint density at radius 3 is 2.81 bits per heavy atom. The number of urea groups is 1. The molecule has 0 radical (unpaired) electrons. The summed E-state index contributed by atoms with van der Waals surface area (Å²) >= 11 is 0. The predicted molar refractivity (Wildman–Crippen MR) is 72.7 cm³/mol. The molecule has 0 aromatic carbocycles. The average Bonchev–Trinajstić information content (AvgIpc) is 2.95. The molecule has 3 atom stereocenters. The van der Waals surface area contributed by atoms with Crippen molar-refractivity contribution in [2.75, 3.05) is 33.4 Å².